The standard InChI is InChI=1S/C16H20N6OS/c1-11(2)9-21-16(24)14(8-17-21)15-18-20-22(19-15)10-12-4-6-13(23-3)7-5-12/h4-8,11,17H,9-10H2,1-3H3. The summed E-state index contributed by atoms with van der Waals surface area (Å²) in [6.07, 6.45) is 1.83. The molecule has 0 saturated carbocycles. The Labute approximate surface area is 145 Å². The third-order valence-electron chi connectivity index (χ3n) is 3.56. The minimum atomic E-state index is 0.502. The second-order valence-corrected chi connectivity index (χ2v) is 6.37. The summed E-state index contributed by atoms with van der Waals surface area (Å²) >= 11 is 5.49. The maximum atomic E-state index is 5.49. The van der Waals surface area contributed by atoms with E-state index in [1.807, 2.05) is 35.1 Å². The molecule has 0 fully saturated rings. The molecule has 24 heavy (non-hydrogen) atoms. The van der Waals surface area contributed by atoms with Crippen molar-refractivity contribution in [3.8, 4) is 17.1 Å². The minimum Gasteiger partial charge on any atom is -0.497 e. The first-order chi connectivity index (χ1) is 11.6. The average Bonchev–Trinajstić information content (AvgIpc) is 3.15. The number of H-pyrrole nitrogens is 1. The summed E-state index contributed by atoms with van der Waals surface area (Å²) in [5.41, 5.74) is 1.87. The van der Waals surface area contributed by atoms with Gasteiger partial charge in [-0.3, -0.25) is 4.68 Å². The normalized spacial score (nSPS) is 11.2. The molecule has 0 aliphatic rings. The summed E-state index contributed by atoms with van der Waals surface area (Å²) in [4.78, 5) is 1.56. The van der Waals surface area contributed by atoms with Crippen molar-refractivity contribution in [2.75, 3.05) is 7.11 Å². The Hall–Kier alpha value is -2.48. The smallest absolute Gasteiger partial charge is 0.209 e. The number of nitrogens with one attached hydrogen (secondary N) is 1. The van der Waals surface area contributed by atoms with Gasteiger partial charge in [0.2, 0.25) is 5.82 Å². The molecule has 0 atom stereocenters. The molecule has 3 aromatic rings. The summed E-state index contributed by atoms with van der Waals surface area (Å²) < 4.78 is 7.79. The van der Waals surface area contributed by atoms with E-state index in [-0.39, 0.29) is 0 Å². The second-order valence-electron chi connectivity index (χ2n) is 5.99. The van der Waals surface area contributed by atoms with E-state index in [9.17, 15) is 0 Å². The van der Waals surface area contributed by atoms with Crippen molar-refractivity contribution in [1.29, 1.82) is 0 Å². The van der Waals surface area contributed by atoms with Crippen LogP contribution in [0.1, 0.15) is 19.4 Å². The number of ether oxygens (including phenoxy) is 1. The molecule has 0 radical (unpaired) electrons. The van der Waals surface area contributed by atoms with Crippen LogP contribution in [0, 0.1) is 10.6 Å². The molecule has 3 rings (SSSR count). The number of aromatic nitrogens is 6. The fraction of sp³-hybridized carbons (Fsp3) is 0.375. The topological polar surface area (TPSA) is 73.5 Å². The lowest BCUT2D eigenvalue weighted by molar-refractivity contribution is 0.414. The van der Waals surface area contributed by atoms with Gasteiger partial charge in [0, 0.05) is 12.7 Å². The van der Waals surface area contributed by atoms with Crippen LogP contribution in [0.4, 0.5) is 0 Å². The van der Waals surface area contributed by atoms with Crippen LogP contribution in [-0.4, -0.2) is 37.1 Å². The van der Waals surface area contributed by atoms with Gasteiger partial charge in [0.15, 0.2) is 0 Å². The highest BCUT2D eigenvalue weighted by atomic mass is 32.1. The SMILES string of the molecule is COc1ccc(Cn2nnc(-c3c[nH]n(CC(C)C)c3=S)n2)cc1. The van der Waals surface area contributed by atoms with Gasteiger partial charge in [-0.25, -0.2) is 0 Å². The van der Waals surface area contributed by atoms with E-state index in [4.69, 9.17) is 17.0 Å². The van der Waals surface area contributed by atoms with Gasteiger partial charge in [-0.05, 0) is 28.8 Å². The van der Waals surface area contributed by atoms with Crippen LogP contribution in [0.5, 0.6) is 5.75 Å². The van der Waals surface area contributed by atoms with E-state index in [0.717, 1.165) is 23.4 Å². The molecule has 2 aromatic heterocycles. The molecule has 0 aliphatic carbocycles. The van der Waals surface area contributed by atoms with E-state index < -0.39 is 0 Å². The fourth-order valence-corrected chi connectivity index (χ4v) is 2.66. The van der Waals surface area contributed by atoms with Crippen molar-refractivity contribution in [3.63, 3.8) is 0 Å². The lowest BCUT2D eigenvalue weighted by Gasteiger charge is -2.04. The van der Waals surface area contributed by atoms with Crippen molar-refractivity contribution in [1.82, 2.24) is 30.0 Å². The monoisotopic (exact) mass is 344 g/mol. The predicted octanol–water partition coefficient (Wildman–Crippen LogP) is 2.91. The average molecular weight is 344 g/mol. The van der Waals surface area contributed by atoms with Gasteiger partial charge in [0.25, 0.3) is 0 Å². The Morgan fingerprint density at radius 2 is 2.00 bits per heavy atom. The van der Waals surface area contributed by atoms with Crippen LogP contribution in [0.25, 0.3) is 11.4 Å². The molecule has 0 unspecified atom stereocenters. The zero-order valence-electron chi connectivity index (χ0n) is 13.9. The molecule has 8 heteroatoms. The molecule has 0 amide bonds. The largest absolute Gasteiger partial charge is 0.497 e. The summed E-state index contributed by atoms with van der Waals surface area (Å²) in [7, 11) is 1.65. The van der Waals surface area contributed by atoms with E-state index in [1.165, 1.54) is 0 Å². The van der Waals surface area contributed by atoms with Crippen molar-refractivity contribution >= 4 is 12.2 Å². The Bertz CT molecular complexity index is 861. The van der Waals surface area contributed by atoms with Crippen LogP contribution in [0.2, 0.25) is 0 Å². The number of nitrogens with zero attached hydrogens (tertiary/aromatic N) is 5. The summed E-state index contributed by atoms with van der Waals surface area (Å²) in [5.74, 6) is 1.86. The van der Waals surface area contributed by atoms with Gasteiger partial charge >= 0.3 is 0 Å². The molecular formula is C16H20N6OS. The highest BCUT2D eigenvalue weighted by Gasteiger charge is 2.12. The third-order valence-corrected chi connectivity index (χ3v) is 4.01. The predicted molar refractivity (Wildman–Crippen MR) is 93.4 cm³/mol. The zero-order chi connectivity index (χ0) is 17.1. The molecule has 1 aromatic carbocycles. The maximum absolute atomic E-state index is 5.49. The van der Waals surface area contributed by atoms with Gasteiger partial charge in [-0.2, -0.15) is 4.80 Å². The molecule has 126 valence electrons. The van der Waals surface area contributed by atoms with Gasteiger partial charge in [-0.1, -0.05) is 38.2 Å². The van der Waals surface area contributed by atoms with Gasteiger partial charge < -0.3 is 9.84 Å². The number of hydrogen-bond donors (Lipinski definition) is 1. The molecule has 0 bridgehead atoms. The Morgan fingerprint density at radius 1 is 1.25 bits per heavy atom. The first kappa shape index (κ1) is 16.4. The molecule has 0 saturated heterocycles. The highest BCUT2D eigenvalue weighted by Crippen LogP contribution is 2.17. The molecule has 1 N–H and O–H groups in total. The Morgan fingerprint density at radius 3 is 2.67 bits per heavy atom. The van der Waals surface area contributed by atoms with E-state index >= 15 is 0 Å². The number of hydrogen-bond acceptors (Lipinski definition) is 5. The van der Waals surface area contributed by atoms with Gasteiger partial charge in [-0.15, -0.1) is 10.2 Å². The van der Waals surface area contributed by atoms with Crippen LogP contribution in [-0.2, 0) is 13.1 Å². The van der Waals surface area contributed by atoms with E-state index in [0.29, 0.717) is 22.9 Å². The molecule has 0 aliphatic heterocycles. The van der Waals surface area contributed by atoms with Crippen molar-refractivity contribution in [3.05, 3.63) is 40.7 Å². The Kier molecular flexibility index (Phi) is 4.75. The lowest BCUT2D eigenvalue weighted by Crippen LogP contribution is -2.05. The third kappa shape index (κ3) is 3.53. The second kappa shape index (κ2) is 6.96. The van der Waals surface area contributed by atoms with E-state index in [1.54, 1.807) is 11.9 Å². The summed E-state index contributed by atoms with van der Waals surface area (Å²) in [5, 5.41) is 15.8. The fourth-order valence-electron chi connectivity index (χ4n) is 2.38. The highest BCUT2D eigenvalue weighted by molar-refractivity contribution is 7.71. The first-order valence-corrected chi connectivity index (χ1v) is 8.17. The number of aromatic amines is 1. The molecule has 7 nitrogen and oxygen atoms in total. The number of benzene rings is 1. The maximum Gasteiger partial charge on any atom is 0.209 e. The van der Waals surface area contributed by atoms with Crippen molar-refractivity contribution in [2.24, 2.45) is 5.92 Å². The molecule has 2 heterocycles. The van der Waals surface area contributed by atoms with Crippen molar-refractivity contribution < 1.29 is 4.74 Å². The lowest BCUT2D eigenvalue weighted by atomic mass is 10.2. The Balaban J connectivity index is 1.78. The van der Waals surface area contributed by atoms with Crippen LogP contribution < -0.4 is 4.74 Å². The minimum absolute atomic E-state index is 0.502. The zero-order valence-corrected chi connectivity index (χ0v) is 14.7. The van der Waals surface area contributed by atoms with E-state index in [2.05, 4.69) is 34.4 Å². The number of tetrazole rings is 1. The van der Waals surface area contributed by atoms with Crippen LogP contribution >= 0.6 is 12.2 Å². The van der Waals surface area contributed by atoms with Crippen LogP contribution in [0.3, 0.4) is 0 Å². The van der Waals surface area contributed by atoms with Gasteiger partial charge in [0.05, 0.1) is 19.2 Å². The summed E-state index contributed by atoms with van der Waals surface area (Å²) in [6, 6.07) is 7.78. The number of rotatable bonds is 6. The summed E-state index contributed by atoms with van der Waals surface area (Å²) in [6.45, 7) is 5.66. The quantitative estimate of drug-likeness (QED) is 0.696. The van der Waals surface area contributed by atoms with Crippen LogP contribution in [0.15, 0.2) is 30.5 Å². The number of methoxy groups -OCH3 is 1. The van der Waals surface area contributed by atoms with Crippen molar-refractivity contribution in [2.45, 2.75) is 26.9 Å². The molecule has 0 spiro atoms. The molecular weight excluding hydrogens is 324 g/mol. The first-order valence-electron chi connectivity index (χ1n) is 7.76. The van der Waals surface area contributed by atoms with Gasteiger partial charge in [0.1, 0.15) is 10.4 Å².